The molecule has 2 rings (SSSR count). The van der Waals surface area contributed by atoms with Crippen molar-refractivity contribution < 1.29 is 9.53 Å². The third kappa shape index (κ3) is 3.82. The lowest BCUT2D eigenvalue weighted by Gasteiger charge is -2.11. The van der Waals surface area contributed by atoms with Crippen LogP contribution in [0.15, 0.2) is 46.9 Å². The molecule has 0 aliphatic heterocycles. The molecule has 0 spiro atoms. The summed E-state index contributed by atoms with van der Waals surface area (Å²) in [4.78, 5) is 12.6. The summed E-state index contributed by atoms with van der Waals surface area (Å²) in [7, 11) is 0. The van der Waals surface area contributed by atoms with Gasteiger partial charge in [0.25, 0.3) is 0 Å². The predicted molar refractivity (Wildman–Crippen MR) is 92.5 cm³/mol. The van der Waals surface area contributed by atoms with Gasteiger partial charge in [-0.05, 0) is 66.8 Å². The summed E-state index contributed by atoms with van der Waals surface area (Å²) in [5.41, 5.74) is 1.30. The number of carbonyl (C=O) groups is 1. The van der Waals surface area contributed by atoms with E-state index in [9.17, 15) is 4.79 Å². The lowest BCUT2D eigenvalue weighted by atomic mass is 10.0. The topological polar surface area (TPSA) is 26.3 Å². The monoisotopic (exact) mass is 444 g/mol. The van der Waals surface area contributed by atoms with Crippen molar-refractivity contribution in [3.05, 3.63) is 61.6 Å². The molecule has 0 aromatic heterocycles. The molecule has 0 saturated carbocycles. The van der Waals surface area contributed by atoms with E-state index >= 15 is 0 Å². The standard InChI is InChI=1S/C16H14BrIO2/c1-10(2)20-13-5-3-4-11(8-13)16(19)14-9-12(18)6-7-15(14)17/h3-10H,1-2H3. The van der Waals surface area contributed by atoms with Crippen molar-refractivity contribution in [2.75, 3.05) is 0 Å². The normalized spacial score (nSPS) is 10.7. The number of ketones is 1. The van der Waals surface area contributed by atoms with Crippen molar-refractivity contribution in [2.24, 2.45) is 0 Å². The SMILES string of the molecule is CC(C)Oc1cccc(C(=O)c2cc(I)ccc2Br)c1. The van der Waals surface area contributed by atoms with E-state index in [0.29, 0.717) is 16.9 Å². The smallest absolute Gasteiger partial charge is 0.194 e. The molecular formula is C16H14BrIO2. The molecule has 0 amide bonds. The van der Waals surface area contributed by atoms with Gasteiger partial charge in [-0.25, -0.2) is 0 Å². The number of hydrogen-bond acceptors (Lipinski definition) is 2. The summed E-state index contributed by atoms with van der Waals surface area (Å²) in [6.45, 7) is 3.93. The zero-order valence-electron chi connectivity index (χ0n) is 11.2. The molecule has 2 aromatic carbocycles. The first-order chi connectivity index (χ1) is 9.47. The van der Waals surface area contributed by atoms with Gasteiger partial charge in [-0.2, -0.15) is 0 Å². The van der Waals surface area contributed by atoms with Crippen LogP contribution in [0.2, 0.25) is 0 Å². The predicted octanol–water partition coefficient (Wildman–Crippen LogP) is 5.07. The second-order valence-electron chi connectivity index (χ2n) is 4.65. The summed E-state index contributed by atoms with van der Waals surface area (Å²) in [5.74, 6) is 0.706. The Balaban J connectivity index is 2.35. The highest BCUT2D eigenvalue weighted by Gasteiger charge is 2.14. The van der Waals surface area contributed by atoms with E-state index in [2.05, 4.69) is 38.5 Å². The molecule has 0 aliphatic carbocycles. The van der Waals surface area contributed by atoms with Gasteiger partial charge in [-0.1, -0.05) is 28.1 Å². The first kappa shape index (κ1) is 15.5. The number of rotatable bonds is 4. The fraction of sp³-hybridized carbons (Fsp3) is 0.188. The van der Waals surface area contributed by atoms with Crippen LogP contribution in [0.1, 0.15) is 29.8 Å². The highest BCUT2D eigenvalue weighted by molar-refractivity contribution is 14.1. The highest BCUT2D eigenvalue weighted by Crippen LogP contribution is 2.24. The molecule has 0 fully saturated rings. The van der Waals surface area contributed by atoms with Crippen LogP contribution < -0.4 is 4.74 Å². The minimum absolute atomic E-state index is 0.00963. The molecule has 0 saturated heterocycles. The number of ether oxygens (including phenoxy) is 1. The summed E-state index contributed by atoms with van der Waals surface area (Å²) in [5, 5.41) is 0. The fourth-order valence-corrected chi connectivity index (χ4v) is 2.73. The Morgan fingerprint density at radius 2 is 1.95 bits per heavy atom. The van der Waals surface area contributed by atoms with Crippen LogP contribution in [-0.4, -0.2) is 11.9 Å². The maximum absolute atomic E-state index is 12.6. The molecule has 104 valence electrons. The Bertz CT molecular complexity index is 638. The van der Waals surface area contributed by atoms with Crippen LogP contribution in [0.25, 0.3) is 0 Å². The summed E-state index contributed by atoms with van der Waals surface area (Å²) in [6, 6.07) is 13.0. The van der Waals surface area contributed by atoms with Gasteiger partial charge in [-0.3, -0.25) is 4.79 Å². The zero-order chi connectivity index (χ0) is 14.7. The molecule has 20 heavy (non-hydrogen) atoms. The molecule has 0 bridgehead atoms. The van der Waals surface area contributed by atoms with Crippen LogP contribution in [0, 0.1) is 3.57 Å². The fourth-order valence-electron chi connectivity index (χ4n) is 1.81. The summed E-state index contributed by atoms with van der Waals surface area (Å²) >= 11 is 5.63. The van der Waals surface area contributed by atoms with E-state index in [1.807, 2.05) is 50.2 Å². The number of benzene rings is 2. The third-order valence-electron chi connectivity index (χ3n) is 2.64. The van der Waals surface area contributed by atoms with Crippen molar-refractivity contribution in [1.82, 2.24) is 0 Å². The molecule has 0 heterocycles. The van der Waals surface area contributed by atoms with E-state index in [1.165, 1.54) is 0 Å². The molecule has 0 unspecified atom stereocenters. The average Bonchev–Trinajstić information content (AvgIpc) is 2.40. The molecule has 0 aliphatic rings. The Kier molecular flexibility index (Phi) is 5.21. The van der Waals surface area contributed by atoms with Gasteiger partial charge in [0, 0.05) is 19.2 Å². The largest absolute Gasteiger partial charge is 0.491 e. The van der Waals surface area contributed by atoms with Crippen LogP contribution in [-0.2, 0) is 0 Å². The first-order valence-corrected chi connectivity index (χ1v) is 8.11. The van der Waals surface area contributed by atoms with Gasteiger partial charge in [0.2, 0.25) is 0 Å². The number of halogens is 2. The maximum atomic E-state index is 12.6. The molecule has 0 atom stereocenters. The van der Waals surface area contributed by atoms with Crippen molar-refractivity contribution in [2.45, 2.75) is 20.0 Å². The highest BCUT2D eigenvalue weighted by atomic mass is 127. The van der Waals surface area contributed by atoms with Crippen molar-refractivity contribution in [1.29, 1.82) is 0 Å². The Labute approximate surface area is 140 Å². The van der Waals surface area contributed by atoms with Crippen molar-refractivity contribution >= 4 is 44.3 Å². The number of hydrogen-bond donors (Lipinski definition) is 0. The lowest BCUT2D eigenvalue weighted by molar-refractivity contribution is 0.103. The molecule has 2 aromatic rings. The first-order valence-electron chi connectivity index (χ1n) is 6.24. The third-order valence-corrected chi connectivity index (χ3v) is 4.00. The van der Waals surface area contributed by atoms with Gasteiger partial charge >= 0.3 is 0 Å². The Morgan fingerprint density at radius 1 is 1.20 bits per heavy atom. The zero-order valence-corrected chi connectivity index (χ0v) is 14.9. The van der Waals surface area contributed by atoms with E-state index in [0.717, 1.165) is 8.04 Å². The average molecular weight is 445 g/mol. The van der Waals surface area contributed by atoms with E-state index < -0.39 is 0 Å². The van der Waals surface area contributed by atoms with Crippen LogP contribution in [0.4, 0.5) is 0 Å². The van der Waals surface area contributed by atoms with Gasteiger partial charge < -0.3 is 4.74 Å². The maximum Gasteiger partial charge on any atom is 0.194 e. The second-order valence-corrected chi connectivity index (χ2v) is 6.75. The van der Waals surface area contributed by atoms with Crippen molar-refractivity contribution in [3.63, 3.8) is 0 Å². The summed E-state index contributed by atoms with van der Waals surface area (Å²) in [6.07, 6.45) is 0.0877. The van der Waals surface area contributed by atoms with Gasteiger partial charge in [0.1, 0.15) is 5.75 Å². The van der Waals surface area contributed by atoms with Gasteiger partial charge in [0.15, 0.2) is 5.78 Å². The Hall–Kier alpha value is -0.880. The van der Waals surface area contributed by atoms with Crippen LogP contribution in [0.3, 0.4) is 0 Å². The quantitative estimate of drug-likeness (QED) is 0.486. The van der Waals surface area contributed by atoms with Crippen LogP contribution in [0.5, 0.6) is 5.75 Å². The molecule has 0 N–H and O–H groups in total. The van der Waals surface area contributed by atoms with Gasteiger partial charge in [0.05, 0.1) is 6.10 Å². The molecule has 2 nitrogen and oxygen atoms in total. The molecule has 0 radical (unpaired) electrons. The Morgan fingerprint density at radius 3 is 2.65 bits per heavy atom. The second kappa shape index (κ2) is 6.72. The molecule has 4 heteroatoms. The minimum Gasteiger partial charge on any atom is -0.491 e. The van der Waals surface area contributed by atoms with E-state index in [-0.39, 0.29) is 11.9 Å². The lowest BCUT2D eigenvalue weighted by Crippen LogP contribution is -2.07. The van der Waals surface area contributed by atoms with Crippen LogP contribution >= 0.6 is 38.5 Å². The molecular weight excluding hydrogens is 431 g/mol. The summed E-state index contributed by atoms with van der Waals surface area (Å²) < 4.78 is 7.46. The van der Waals surface area contributed by atoms with E-state index in [1.54, 1.807) is 6.07 Å². The van der Waals surface area contributed by atoms with E-state index in [4.69, 9.17) is 4.74 Å². The van der Waals surface area contributed by atoms with Crippen molar-refractivity contribution in [3.8, 4) is 5.75 Å². The number of carbonyl (C=O) groups excluding carboxylic acids is 1. The minimum atomic E-state index is -0.00963. The van der Waals surface area contributed by atoms with Gasteiger partial charge in [-0.15, -0.1) is 0 Å².